The first-order valence-corrected chi connectivity index (χ1v) is 6.82. The average molecular weight is 277 g/mol. The van der Waals surface area contributed by atoms with Crippen molar-refractivity contribution in [2.45, 2.75) is 38.6 Å². The number of phenolic OH excluding ortho intramolecular Hbond substituents is 1. The number of piperidine rings is 1. The van der Waals surface area contributed by atoms with Gasteiger partial charge in [0.05, 0.1) is 12.0 Å². The number of hydrogen-bond donors (Lipinski definition) is 2. The van der Waals surface area contributed by atoms with Gasteiger partial charge in [0, 0.05) is 12.6 Å². The van der Waals surface area contributed by atoms with Crippen LogP contribution in [0.15, 0.2) is 18.2 Å². The third-order valence-corrected chi connectivity index (χ3v) is 3.77. The van der Waals surface area contributed by atoms with Crippen LogP contribution in [0.4, 0.5) is 0 Å². The second kappa shape index (κ2) is 5.94. The molecular formula is C15H19NO4. The molecule has 0 spiro atoms. The summed E-state index contributed by atoms with van der Waals surface area (Å²) in [4.78, 5) is 25.0. The molecule has 0 bridgehead atoms. The molecule has 2 rings (SSSR count). The van der Waals surface area contributed by atoms with E-state index in [4.69, 9.17) is 5.11 Å². The Hall–Kier alpha value is -2.04. The lowest BCUT2D eigenvalue weighted by Gasteiger charge is -2.35. The first kappa shape index (κ1) is 14.4. The molecule has 1 aliphatic heterocycles. The Morgan fingerprint density at radius 3 is 2.80 bits per heavy atom. The van der Waals surface area contributed by atoms with E-state index in [0.717, 1.165) is 12.8 Å². The zero-order valence-corrected chi connectivity index (χ0v) is 11.5. The van der Waals surface area contributed by atoms with E-state index in [1.165, 1.54) is 0 Å². The lowest BCUT2D eigenvalue weighted by molar-refractivity contribution is -0.138. The maximum Gasteiger partial charge on any atom is 0.305 e. The second-order valence-corrected chi connectivity index (χ2v) is 5.22. The number of aromatic hydroxyl groups is 1. The summed E-state index contributed by atoms with van der Waals surface area (Å²) in [6.07, 6.45) is 2.46. The molecule has 1 aliphatic rings. The van der Waals surface area contributed by atoms with Crippen LogP contribution in [-0.2, 0) is 4.79 Å². The second-order valence-electron chi connectivity index (χ2n) is 5.22. The third kappa shape index (κ3) is 2.92. The van der Waals surface area contributed by atoms with E-state index in [9.17, 15) is 14.7 Å². The minimum Gasteiger partial charge on any atom is -0.507 e. The minimum absolute atomic E-state index is 0.0165. The topological polar surface area (TPSA) is 77.8 Å². The Kier molecular flexibility index (Phi) is 4.27. The van der Waals surface area contributed by atoms with E-state index in [1.54, 1.807) is 30.0 Å². The number of carboxylic acid groups (broad SMARTS) is 1. The molecule has 20 heavy (non-hydrogen) atoms. The van der Waals surface area contributed by atoms with Crippen molar-refractivity contribution in [3.63, 3.8) is 0 Å². The van der Waals surface area contributed by atoms with Crippen molar-refractivity contribution in [3.05, 3.63) is 29.3 Å². The highest BCUT2D eigenvalue weighted by molar-refractivity contribution is 5.97. The summed E-state index contributed by atoms with van der Waals surface area (Å²) in [6, 6.07) is 4.75. The maximum absolute atomic E-state index is 12.5. The standard InChI is InChI=1S/C15H19NO4/c1-10-5-4-7-12(14(10)19)15(20)16-8-3-2-6-11(16)9-13(17)18/h4-5,7,11,19H,2-3,6,8-9H2,1H3,(H,17,18). The lowest BCUT2D eigenvalue weighted by atomic mass is 9.97. The number of aliphatic carboxylic acids is 1. The van der Waals surface area contributed by atoms with Gasteiger partial charge in [-0.25, -0.2) is 0 Å². The Labute approximate surface area is 117 Å². The van der Waals surface area contributed by atoms with Crippen LogP contribution in [0.1, 0.15) is 41.6 Å². The lowest BCUT2D eigenvalue weighted by Crippen LogP contribution is -2.44. The number of hydrogen-bond acceptors (Lipinski definition) is 3. The van der Waals surface area contributed by atoms with Crippen LogP contribution in [0.3, 0.4) is 0 Å². The molecule has 2 N–H and O–H groups in total. The summed E-state index contributed by atoms with van der Waals surface area (Å²) < 4.78 is 0. The third-order valence-electron chi connectivity index (χ3n) is 3.77. The molecule has 1 saturated heterocycles. The zero-order valence-electron chi connectivity index (χ0n) is 11.5. The van der Waals surface area contributed by atoms with Crippen LogP contribution in [0.5, 0.6) is 5.75 Å². The number of likely N-dealkylation sites (tertiary alicyclic amines) is 1. The summed E-state index contributed by atoms with van der Waals surface area (Å²) >= 11 is 0. The monoisotopic (exact) mass is 277 g/mol. The Balaban J connectivity index is 2.25. The van der Waals surface area contributed by atoms with Crippen LogP contribution >= 0.6 is 0 Å². The molecule has 1 aromatic rings. The molecule has 0 aliphatic carbocycles. The highest BCUT2D eigenvalue weighted by Crippen LogP contribution is 2.27. The number of para-hydroxylation sites is 1. The zero-order chi connectivity index (χ0) is 14.7. The minimum atomic E-state index is -0.900. The van der Waals surface area contributed by atoms with Crippen molar-refractivity contribution >= 4 is 11.9 Å². The molecule has 1 aromatic carbocycles. The fourth-order valence-electron chi connectivity index (χ4n) is 2.67. The molecule has 0 aromatic heterocycles. The molecule has 1 heterocycles. The molecule has 0 radical (unpaired) electrons. The highest BCUT2D eigenvalue weighted by atomic mass is 16.4. The van der Waals surface area contributed by atoms with E-state index < -0.39 is 5.97 Å². The first-order chi connectivity index (χ1) is 9.50. The first-order valence-electron chi connectivity index (χ1n) is 6.82. The number of rotatable bonds is 3. The number of amides is 1. The average Bonchev–Trinajstić information content (AvgIpc) is 2.41. The highest BCUT2D eigenvalue weighted by Gasteiger charge is 2.30. The maximum atomic E-state index is 12.5. The van der Waals surface area contributed by atoms with Crippen molar-refractivity contribution in [1.82, 2.24) is 4.90 Å². The van der Waals surface area contributed by atoms with Gasteiger partial charge in [0.15, 0.2) is 0 Å². The molecule has 0 saturated carbocycles. The van der Waals surface area contributed by atoms with E-state index in [2.05, 4.69) is 0 Å². The number of carbonyl (C=O) groups is 2. The number of nitrogens with zero attached hydrogens (tertiary/aromatic N) is 1. The normalized spacial score (nSPS) is 18.9. The van der Waals surface area contributed by atoms with Crippen LogP contribution in [-0.4, -0.2) is 39.6 Å². The predicted molar refractivity (Wildman–Crippen MR) is 73.8 cm³/mol. The van der Waals surface area contributed by atoms with E-state index in [0.29, 0.717) is 18.5 Å². The Morgan fingerprint density at radius 2 is 2.10 bits per heavy atom. The van der Waals surface area contributed by atoms with Gasteiger partial charge >= 0.3 is 5.97 Å². The summed E-state index contributed by atoms with van der Waals surface area (Å²) in [5, 5.41) is 19.0. The summed E-state index contributed by atoms with van der Waals surface area (Å²) in [5.74, 6) is -1.20. The largest absolute Gasteiger partial charge is 0.507 e. The van der Waals surface area contributed by atoms with E-state index >= 15 is 0 Å². The summed E-state index contributed by atoms with van der Waals surface area (Å²) in [7, 11) is 0. The van der Waals surface area contributed by atoms with Crippen molar-refractivity contribution in [2.75, 3.05) is 6.54 Å². The van der Waals surface area contributed by atoms with Crippen LogP contribution < -0.4 is 0 Å². The van der Waals surface area contributed by atoms with Gasteiger partial charge in [0.2, 0.25) is 0 Å². The van der Waals surface area contributed by atoms with Gasteiger partial charge in [-0.05, 0) is 37.8 Å². The van der Waals surface area contributed by atoms with Gasteiger partial charge in [-0.2, -0.15) is 0 Å². The summed E-state index contributed by atoms with van der Waals surface area (Å²) in [5.41, 5.74) is 0.893. The molecule has 5 nitrogen and oxygen atoms in total. The summed E-state index contributed by atoms with van der Waals surface area (Å²) in [6.45, 7) is 2.28. The molecular weight excluding hydrogens is 258 g/mol. The Bertz CT molecular complexity index is 527. The van der Waals surface area contributed by atoms with Gasteiger partial charge in [0.25, 0.3) is 5.91 Å². The number of carbonyl (C=O) groups excluding carboxylic acids is 1. The number of phenols is 1. The molecule has 1 unspecified atom stereocenters. The van der Waals surface area contributed by atoms with Gasteiger partial charge in [0.1, 0.15) is 5.75 Å². The molecule has 108 valence electrons. The van der Waals surface area contributed by atoms with Crippen molar-refractivity contribution in [3.8, 4) is 5.75 Å². The fraction of sp³-hybridized carbons (Fsp3) is 0.467. The smallest absolute Gasteiger partial charge is 0.305 e. The van der Waals surface area contributed by atoms with Crippen molar-refractivity contribution < 1.29 is 19.8 Å². The van der Waals surface area contributed by atoms with Crippen molar-refractivity contribution in [2.24, 2.45) is 0 Å². The van der Waals surface area contributed by atoms with Gasteiger partial charge < -0.3 is 15.1 Å². The molecule has 1 atom stereocenters. The van der Waals surface area contributed by atoms with E-state index in [1.807, 2.05) is 0 Å². The van der Waals surface area contributed by atoms with Gasteiger partial charge in [-0.3, -0.25) is 9.59 Å². The number of carboxylic acids is 1. The molecule has 1 amide bonds. The van der Waals surface area contributed by atoms with Crippen LogP contribution in [0.25, 0.3) is 0 Å². The van der Waals surface area contributed by atoms with Gasteiger partial charge in [-0.1, -0.05) is 12.1 Å². The number of aryl methyl sites for hydroxylation is 1. The number of benzene rings is 1. The quantitative estimate of drug-likeness (QED) is 0.887. The van der Waals surface area contributed by atoms with Crippen LogP contribution in [0, 0.1) is 6.92 Å². The van der Waals surface area contributed by atoms with E-state index in [-0.39, 0.29) is 29.7 Å². The van der Waals surface area contributed by atoms with Crippen molar-refractivity contribution in [1.29, 1.82) is 0 Å². The SMILES string of the molecule is Cc1cccc(C(=O)N2CCCCC2CC(=O)O)c1O. The molecule has 5 heteroatoms. The molecule has 1 fully saturated rings. The fourth-order valence-corrected chi connectivity index (χ4v) is 2.67. The predicted octanol–water partition coefficient (Wildman–Crippen LogP) is 2.17. The van der Waals surface area contributed by atoms with Gasteiger partial charge in [-0.15, -0.1) is 0 Å². The van der Waals surface area contributed by atoms with Crippen LogP contribution in [0.2, 0.25) is 0 Å². The Morgan fingerprint density at radius 1 is 1.35 bits per heavy atom.